The lowest BCUT2D eigenvalue weighted by Gasteiger charge is -2.43. The Morgan fingerprint density at radius 2 is 1.24 bits per heavy atom. The van der Waals surface area contributed by atoms with Gasteiger partial charge in [-0.2, -0.15) is 26.3 Å². The van der Waals surface area contributed by atoms with Crippen LogP contribution in [0.4, 0.5) is 26.3 Å². The molecule has 242 valence electrons. The Labute approximate surface area is 267 Å². The Bertz CT molecular complexity index is 1450. The van der Waals surface area contributed by atoms with Gasteiger partial charge in [-0.1, -0.05) is 59.6 Å². The first-order valence-corrected chi connectivity index (χ1v) is 15.3. The highest BCUT2D eigenvalue weighted by Gasteiger charge is 2.38. The van der Waals surface area contributed by atoms with Crippen molar-refractivity contribution in [1.29, 1.82) is 0 Å². The molecule has 0 radical (unpaired) electrons. The van der Waals surface area contributed by atoms with Crippen molar-refractivity contribution in [3.8, 4) is 0 Å². The molecule has 2 fully saturated rings. The van der Waals surface area contributed by atoms with Crippen molar-refractivity contribution in [1.82, 2.24) is 19.6 Å². The number of halogens is 8. The second-order valence-electron chi connectivity index (χ2n) is 11.5. The van der Waals surface area contributed by atoms with Gasteiger partial charge in [0.2, 0.25) is 5.91 Å². The third kappa shape index (κ3) is 8.71. The molecule has 2 aliphatic heterocycles. The molecule has 2 aliphatic rings. The van der Waals surface area contributed by atoms with E-state index in [4.69, 9.17) is 23.2 Å². The molecule has 0 spiro atoms. The van der Waals surface area contributed by atoms with Crippen LogP contribution in [0.15, 0.2) is 66.7 Å². The highest BCUT2D eigenvalue weighted by Crippen LogP contribution is 2.37. The Kier molecular flexibility index (Phi) is 10.3. The number of carbonyl (C=O) groups excluding carboxylic acids is 1. The van der Waals surface area contributed by atoms with Crippen molar-refractivity contribution in [3.05, 3.63) is 105 Å². The lowest BCUT2D eigenvalue weighted by atomic mass is 10.00. The first-order valence-electron chi connectivity index (χ1n) is 14.5. The molecule has 1 amide bonds. The number of hydrogen-bond acceptors (Lipinski definition) is 4. The van der Waals surface area contributed by atoms with Crippen LogP contribution in [-0.2, 0) is 30.2 Å². The Balaban J connectivity index is 1.29. The van der Waals surface area contributed by atoms with Crippen LogP contribution in [0, 0.1) is 0 Å². The highest BCUT2D eigenvalue weighted by atomic mass is 35.5. The molecule has 0 aromatic heterocycles. The highest BCUT2D eigenvalue weighted by molar-refractivity contribution is 6.42. The van der Waals surface area contributed by atoms with Gasteiger partial charge >= 0.3 is 12.4 Å². The number of carbonyl (C=O) groups is 1. The van der Waals surface area contributed by atoms with Crippen LogP contribution in [0.25, 0.3) is 0 Å². The zero-order chi connectivity index (χ0) is 32.4. The number of piperazine rings is 2. The summed E-state index contributed by atoms with van der Waals surface area (Å²) in [7, 11) is 0. The molecule has 2 saturated heterocycles. The van der Waals surface area contributed by atoms with E-state index in [1.54, 1.807) is 28.0 Å². The molecule has 0 N–H and O–H groups in total. The maximum absolute atomic E-state index is 13.7. The van der Waals surface area contributed by atoms with E-state index >= 15 is 0 Å². The lowest BCUT2D eigenvalue weighted by molar-refractivity contribution is -0.143. The van der Waals surface area contributed by atoms with E-state index in [-0.39, 0.29) is 55.3 Å². The first-order chi connectivity index (χ1) is 21.3. The predicted octanol–water partition coefficient (Wildman–Crippen LogP) is 7.23. The maximum Gasteiger partial charge on any atom is 0.416 e. The van der Waals surface area contributed by atoms with E-state index in [2.05, 4.69) is 21.9 Å². The number of nitrogens with zero attached hydrogens (tertiary/aromatic N) is 4. The SMILES string of the molecule is O=C(CN1CCN(Cc2ccccc2)CC1)N1CCN(Cc2cc(C(F)(F)F)cc(C(F)(F)F)c2)CC1c1ccc(Cl)c(Cl)c1. The fourth-order valence-electron chi connectivity index (χ4n) is 5.88. The third-order valence-corrected chi connectivity index (χ3v) is 8.98. The van der Waals surface area contributed by atoms with Crippen molar-refractivity contribution in [2.45, 2.75) is 31.5 Å². The van der Waals surface area contributed by atoms with Crippen LogP contribution in [0.5, 0.6) is 0 Å². The summed E-state index contributed by atoms with van der Waals surface area (Å²) in [5, 5.41) is 0.601. The monoisotopic (exact) mass is 672 g/mol. The van der Waals surface area contributed by atoms with Gasteiger partial charge < -0.3 is 4.90 Å². The molecule has 1 atom stereocenters. The number of alkyl halides is 6. The van der Waals surface area contributed by atoms with E-state index in [0.29, 0.717) is 23.7 Å². The van der Waals surface area contributed by atoms with Crippen molar-refractivity contribution in [2.75, 3.05) is 52.4 Å². The van der Waals surface area contributed by atoms with Gasteiger partial charge in [-0.15, -0.1) is 0 Å². The zero-order valence-electron chi connectivity index (χ0n) is 24.2. The van der Waals surface area contributed by atoms with Crippen LogP contribution in [0.3, 0.4) is 0 Å². The van der Waals surface area contributed by atoms with Crippen LogP contribution in [0.1, 0.15) is 33.9 Å². The quantitative estimate of drug-likeness (QED) is 0.248. The Morgan fingerprint density at radius 3 is 1.84 bits per heavy atom. The average molecular weight is 674 g/mol. The summed E-state index contributed by atoms with van der Waals surface area (Å²) in [6, 6.07) is 16.2. The van der Waals surface area contributed by atoms with E-state index in [9.17, 15) is 31.1 Å². The van der Waals surface area contributed by atoms with Crippen molar-refractivity contribution in [2.24, 2.45) is 0 Å². The Hall–Kier alpha value is -2.83. The number of rotatable bonds is 7. The van der Waals surface area contributed by atoms with Gasteiger partial charge in [-0.05, 0) is 47.0 Å². The standard InChI is InChI=1S/C32H32Cl2F6N4O/c33-27-7-6-24(16-28(27)34)29-20-43(19-23-14-25(31(35,36)37)17-26(15-23)32(38,39)40)12-13-44(29)30(45)21-42-10-8-41(9-11-42)18-22-4-2-1-3-5-22/h1-7,14-17,29H,8-13,18-21H2. The van der Waals surface area contributed by atoms with E-state index in [1.165, 1.54) is 5.56 Å². The number of benzene rings is 3. The topological polar surface area (TPSA) is 30.0 Å². The second kappa shape index (κ2) is 13.9. The van der Waals surface area contributed by atoms with Gasteiger partial charge in [0, 0.05) is 58.9 Å². The predicted molar refractivity (Wildman–Crippen MR) is 161 cm³/mol. The minimum atomic E-state index is -4.93. The van der Waals surface area contributed by atoms with Crippen molar-refractivity contribution >= 4 is 29.1 Å². The fraction of sp³-hybridized carbons (Fsp3) is 0.406. The molecule has 1 unspecified atom stereocenters. The van der Waals surface area contributed by atoms with Crippen LogP contribution in [-0.4, -0.2) is 77.9 Å². The van der Waals surface area contributed by atoms with Crippen molar-refractivity contribution < 1.29 is 31.1 Å². The summed E-state index contributed by atoms with van der Waals surface area (Å²) in [6.45, 7) is 4.61. The molecule has 2 heterocycles. The molecule has 5 nitrogen and oxygen atoms in total. The van der Waals surface area contributed by atoms with Gasteiger partial charge in [0.05, 0.1) is 33.8 Å². The average Bonchev–Trinajstić information content (AvgIpc) is 2.99. The number of amides is 1. The summed E-state index contributed by atoms with van der Waals surface area (Å²) in [5.74, 6) is -0.111. The molecule has 0 bridgehead atoms. The molecule has 13 heteroatoms. The molecule has 3 aromatic rings. The molecule has 3 aromatic carbocycles. The molecule has 45 heavy (non-hydrogen) atoms. The van der Waals surface area contributed by atoms with Gasteiger partial charge in [0.25, 0.3) is 0 Å². The van der Waals surface area contributed by atoms with Crippen LogP contribution in [0.2, 0.25) is 10.0 Å². The summed E-state index contributed by atoms with van der Waals surface area (Å²) in [4.78, 5) is 21.6. The van der Waals surface area contributed by atoms with Gasteiger partial charge in [0.1, 0.15) is 0 Å². The molecule has 5 rings (SSSR count). The minimum Gasteiger partial charge on any atom is -0.332 e. The maximum atomic E-state index is 13.7. The lowest BCUT2D eigenvalue weighted by Crippen LogP contribution is -2.54. The molecule has 0 saturated carbocycles. The Morgan fingerprint density at radius 1 is 0.667 bits per heavy atom. The van der Waals surface area contributed by atoms with Gasteiger partial charge in [-0.3, -0.25) is 19.5 Å². The molecular formula is C32H32Cl2F6N4O. The first kappa shape index (κ1) is 33.5. The van der Waals surface area contributed by atoms with Crippen LogP contribution >= 0.6 is 23.2 Å². The minimum absolute atomic E-state index is 0.111. The van der Waals surface area contributed by atoms with Crippen molar-refractivity contribution in [3.63, 3.8) is 0 Å². The zero-order valence-corrected chi connectivity index (χ0v) is 25.7. The summed E-state index contributed by atoms with van der Waals surface area (Å²) in [6.07, 6.45) is -9.87. The molecule has 0 aliphatic carbocycles. The molecular weight excluding hydrogens is 641 g/mol. The van der Waals surface area contributed by atoms with E-state index in [0.717, 1.165) is 31.8 Å². The van der Waals surface area contributed by atoms with E-state index in [1.807, 2.05) is 18.2 Å². The third-order valence-electron chi connectivity index (χ3n) is 8.24. The van der Waals surface area contributed by atoms with Crippen LogP contribution < -0.4 is 0 Å². The normalized spacial score (nSPS) is 19.2. The van der Waals surface area contributed by atoms with Gasteiger partial charge in [-0.25, -0.2) is 0 Å². The summed E-state index contributed by atoms with van der Waals surface area (Å²) < 4.78 is 80.8. The van der Waals surface area contributed by atoms with Gasteiger partial charge in [0.15, 0.2) is 0 Å². The second-order valence-corrected chi connectivity index (χ2v) is 12.3. The summed E-state index contributed by atoms with van der Waals surface area (Å²) >= 11 is 12.4. The summed E-state index contributed by atoms with van der Waals surface area (Å²) in [5.41, 5.74) is -0.922. The van der Waals surface area contributed by atoms with E-state index < -0.39 is 29.5 Å². The fourth-order valence-corrected chi connectivity index (χ4v) is 6.19. The number of hydrogen-bond donors (Lipinski definition) is 0. The largest absolute Gasteiger partial charge is 0.416 e. The smallest absolute Gasteiger partial charge is 0.332 e.